The molecule has 0 atom stereocenters. The molecule has 0 fully saturated rings. The molecule has 1 aromatic carbocycles. The molecule has 6 heteroatoms. The highest BCUT2D eigenvalue weighted by Gasteiger charge is 2.11. The number of amides is 1. The number of carbonyl (C=O) groups excluding carboxylic acids is 1. The van der Waals surface area contributed by atoms with E-state index >= 15 is 0 Å². The maximum atomic E-state index is 11.6. The molecule has 112 valence electrons. The van der Waals surface area contributed by atoms with Crippen molar-refractivity contribution in [3.05, 3.63) is 35.9 Å². The van der Waals surface area contributed by atoms with Gasteiger partial charge in [-0.05, 0) is 18.5 Å². The molecule has 0 aromatic heterocycles. The van der Waals surface area contributed by atoms with Gasteiger partial charge in [-0.1, -0.05) is 37.3 Å². The normalized spacial score (nSPS) is 9.90. The molecule has 0 radical (unpaired) electrons. The first-order valence-electron chi connectivity index (χ1n) is 6.36. The predicted molar refractivity (Wildman–Crippen MR) is 79.9 cm³/mol. The van der Waals surface area contributed by atoms with Crippen LogP contribution in [0.1, 0.15) is 18.9 Å². The monoisotopic (exact) mass is 300 g/mol. The van der Waals surface area contributed by atoms with E-state index in [0.717, 1.165) is 18.5 Å². The zero-order valence-corrected chi connectivity index (χ0v) is 12.4. The lowest BCUT2D eigenvalue weighted by atomic mass is 10.2. The summed E-state index contributed by atoms with van der Waals surface area (Å²) in [6, 6.07) is 9.90. The summed E-state index contributed by atoms with van der Waals surface area (Å²) >= 11 is 0. The topological polar surface area (TPSA) is 69.6 Å². The molecule has 1 aromatic rings. The lowest BCUT2D eigenvalue weighted by molar-refractivity contribution is -0.138. The summed E-state index contributed by atoms with van der Waals surface area (Å²) in [5, 5.41) is 10.9. The first kappa shape index (κ1) is 18.4. The molecule has 0 aliphatic heterocycles. The summed E-state index contributed by atoms with van der Waals surface area (Å²) in [4.78, 5) is 24.0. The van der Waals surface area contributed by atoms with Crippen molar-refractivity contribution in [3.63, 3.8) is 0 Å². The van der Waals surface area contributed by atoms with E-state index in [1.807, 2.05) is 42.2 Å². The minimum Gasteiger partial charge on any atom is -0.480 e. The summed E-state index contributed by atoms with van der Waals surface area (Å²) in [5.41, 5.74) is 1.14. The Balaban J connectivity index is 0.00000361. The van der Waals surface area contributed by atoms with Crippen LogP contribution >= 0.6 is 12.4 Å². The number of carbonyl (C=O) groups is 2. The van der Waals surface area contributed by atoms with Gasteiger partial charge in [0.1, 0.15) is 6.54 Å². The van der Waals surface area contributed by atoms with Crippen LogP contribution < -0.4 is 5.32 Å². The molecule has 2 N–H and O–H groups in total. The van der Waals surface area contributed by atoms with E-state index in [0.29, 0.717) is 6.54 Å². The molecule has 1 rings (SSSR count). The number of nitrogens with one attached hydrogen (secondary N) is 1. The van der Waals surface area contributed by atoms with Gasteiger partial charge < -0.3 is 10.4 Å². The van der Waals surface area contributed by atoms with Gasteiger partial charge in [0.2, 0.25) is 5.91 Å². The molecular weight excluding hydrogens is 280 g/mol. The fourth-order valence-corrected chi connectivity index (χ4v) is 1.81. The molecule has 0 heterocycles. The lowest BCUT2D eigenvalue weighted by Gasteiger charge is -2.21. The largest absolute Gasteiger partial charge is 0.480 e. The smallest absolute Gasteiger partial charge is 0.322 e. The predicted octanol–water partition coefficient (Wildman–Crippen LogP) is 1.52. The van der Waals surface area contributed by atoms with Crippen molar-refractivity contribution in [3.8, 4) is 0 Å². The van der Waals surface area contributed by atoms with Crippen LogP contribution in [0.25, 0.3) is 0 Å². The van der Waals surface area contributed by atoms with E-state index in [9.17, 15) is 9.59 Å². The summed E-state index contributed by atoms with van der Waals surface area (Å²) in [5.74, 6) is -1.29. The maximum Gasteiger partial charge on any atom is 0.322 e. The van der Waals surface area contributed by atoms with Crippen LogP contribution in [0.5, 0.6) is 0 Å². The third-order valence-corrected chi connectivity index (χ3v) is 2.59. The third kappa shape index (κ3) is 7.76. The van der Waals surface area contributed by atoms with Gasteiger partial charge >= 0.3 is 5.97 Å². The second-order valence-corrected chi connectivity index (χ2v) is 4.37. The van der Waals surface area contributed by atoms with Crippen molar-refractivity contribution in [1.29, 1.82) is 0 Å². The molecular formula is C14H21ClN2O3. The maximum absolute atomic E-state index is 11.6. The summed E-state index contributed by atoms with van der Waals surface area (Å²) in [6.07, 6.45) is 0.943. The van der Waals surface area contributed by atoms with E-state index < -0.39 is 5.97 Å². The number of benzene rings is 1. The van der Waals surface area contributed by atoms with Crippen LogP contribution in [-0.4, -0.2) is 41.5 Å². The Morgan fingerprint density at radius 2 is 1.90 bits per heavy atom. The Morgan fingerprint density at radius 1 is 1.25 bits per heavy atom. The molecule has 0 spiro atoms. The Morgan fingerprint density at radius 3 is 2.45 bits per heavy atom. The van der Waals surface area contributed by atoms with Crippen LogP contribution in [0.3, 0.4) is 0 Å². The third-order valence-electron chi connectivity index (χ3n) is 2.59. The van der Waals surface area contributed by atoms with Crippen molar-refractivity contribution < 1.29 is 14.7 Å². The van der Waals surface area contributed by atoms with Gasteiger partial charge in [0.05, 0.1) is 6.54 Å². The minimum atomic E-state index is -1.03. The number of aliphatic carboxylic acids is 1. The molecule has 0 bridgehead atoms. The van der Waals surface area contributed by atoms with Crippen LogP contribution in [0.4, 0.5) is 0 Å². The van der Waals surface area contributed by atoms with E-state index in [4.69, 9.17) is 5.11 Å². The number of hydrogen-bond donors (Lipinski definition) is 2. The molecule has 0 saturated carbocycles. The molecule has 20 heavy (non-hydrogen) atoms. The lowest BCUT2D eigenvalue weighted by Crippen LogP contribution is -2.39. The first-order valence-corrected chi connectivity index (χ1v) is 6.36. The highest BCUT2D eigenvalue weighted by atomic mass is 35.5. The molecule has 5 nitrogen and oxygen atoms in total. The van der Waals surface area contributed by atoms with Crippen molar-refractivity contribution in [1.82, 2.24) is 10.2 Å². The number of hydrogen-bond acceptors (Lipinski definition) is 3. The Bertz CT molecular complexity index is 412. The van der Waals surface area contributed by atoms with Gasteiger partial charge in [-0.2, -0.15) is 0 Å². The summed E-state index contributed by atoms with van der Waals surface area (Å²) in [6.45, 7) is 3.43. The Hall–Kier alpha value is -1.59. The van der Waals surface area contributed by atoms with Gasteiger partial charge in [-0.3, -0.25) is 14.5 Å². The van der Waals surface area contributed by atoms with E-state index in [2.05, 4.69) is 5.32 Å². The second kappa shape index (κ2) is 10.2. The fraction of sp³-hybridized carbons (Fsp3) is 0.429. The number of halogens is 1. The number of carboxylic acid groups (broad SMARTS) is 1. The van der Waals surface area contributed by atoms with Crippen molar-refractivity contribution in [2.75, 3.05) is 19.6 Å². The average Bonchev–Trinajstić information content (AvgIpc) is 2.38. The summed E-state index contributed by atoms with van der Waals surface area (Å²) in [7, 11) is 0. The Kier molecular flexibility index (Phi) is 9.41. The molecule has 0 aliphatic carbocycles. The zero-order chi connectivity index (χ0) is 14.1. The standard InChI is InChI=1S/C14H20N2O3.ClH/c1-2-8-16(10-12-6-4-3-5-7-12)11-13(17)15-9-14(18)19;/h3-7H,2,8-11H2,1H3,(H,15,17)(H,18,19);1H. The van der Waals surface area contributed by atoms with Crippen molar-refractivity contribution in [2.24, 2.45) is 0 Å². The zero-order valence-electron chi connectivity index (χ0n) is 11.5. The van der Waals surface area contributed by atoms with E-state index in [-0.39, 0.29) is 31.4 Å². The van der Waals surface area contributed by atoms with Gasteiger partial charge in [0.15, 0.2) is 0 Å². The van der Waals surface area contributed by atoms with Crippen molar-refractivity contribution >= 4 is 24.3 Å². The number of carboxylic acids is 1. The second-order valence-electron chi connectivity index (χ2n) is 4.37. The number of nitrogens with zero attached hydrogens (tertiary/aromatic N) is 1. The van der Waals surface area contributed by atoms with Crippen LogP contribution in [0, 0.1) is 0 Å². The number of rotatable bonds is 8. The summed E-state index contributed by atoms with van der Waals surface area (Å²) < 4.78 is 0. The average molecular weight is 301 g/mol. The molecule has 1 amide bonds. The van der Waals surface area contributed by atoms with Crippen molar-refractivity contribution in [2.45, 2.75) is 19.9 Å². The van der Waals surface area contributed by atoms with Crippen LogP contribution in [0.2, 0.25) is 0 Å². The SMILES string of the molecule is CCCN(CC(=O)NCC(=O)O)Cc1ccccc1.Cl. The van der Waals surface area contributed by atoms with Gasteiger partial charge in [0, 0.05) is 6.54 Å². The quantitative estimate of drug-likeness (QED) is 0.764. The molecule has 0 aliphatic rings. The van der Waals surface area contributed by atoms with Gasteiger partial charge in [0.25, 0.3) is 0 Å². The van der Waals surface area contributed by atoms with Crippen LogP contribution in [0.15, 0.2) is 30.3 Å². The Labute approximate surface area is 125 Å². The van der Waals surface area contributed by atoms with E-state index in [1.165, 1.54) is 0 Å². The fourth-order valence-electron chi connectivity index (χ4n) is 1.81. The first-order chi connectivity index (χ1) is 9.11. The van der Waals surface area contributed by atoms with Gasteiger partial charge in [-0.25, -0.2) is 0 Å². The van der Waals surface area contributed by atoms with Gasteiger partial charge in [-0.15, -0.1) is 12.4 Å². The van der Waals surface area contributed by atoms with Crippen LogP contribution in [-0.2, 0) is 16.1 Å². The highest BCUT2D eigenvalue weighted by Crippen LogP contribution is 2.04. The highest BCUT2D eigenvalue weighted by molar-refractivity contribution is 5.85. The molecule has 0 saturated heterocycles. The molecule has 0 unspecified atom stereocenters. The minimum absolute atomic E-state index is 0. The van der Waals surface area contributed by atoms with E-state index in [1.54, 1.807) is 0 Å².